The summed E-state index contributed by atoms with van der Waals surface area (Å²) >= 11 is 0. The highest BCUT2D eigenvalue weighted by Gasteiger charge is 2.39. The van der Waals surface area contributed by atoms with Crippen LogP contribution in [-0.4, -0.2) is 51.8 Å². The van der Waals surface area contributed by atoms with E-state index in [4.69, 9.17) is 16.5 Å². The van der Waals surface area contributed by atoms with Crippen LogP contribution in [-0.2, 0) is 16.5 Å². The third kappa shape index (κ3) is 7.13. The van der Waals surface area contributed by atoms with Crippen LogP contribution in [0.25, 0.3) is 0 Å². The Morgan fingerprint density at radius 3 is 0.861 bits per heavy atom. The van der Waals surface area contributed by atoms with Gasteiger partial charge < -0.3 is 16.5 Å². The molecule has 0 N–H and O–H groups in total. The topological polar surface area (TPSA) is 36.9 Å². The molecule has 0 aliphatic carbocycles. The van der Waals surface area contributed by atoms with E-state index >= 15 is 0 Å². The quantitative estimate of drug-likeness (QED) is 0.392. The molecule has 0 amide bonds. The molecule has 2 radical (unpaired) electrons. The summed E-state index contributed by atoms with van der Waals surface area (Å²) in [4.78, 5) is 0. The minimum atomic E-state index is -2.18. The Morgan fingerprint density at radius 1 is 0.500 bits per heavy atom. The maximum atomic E-state index is 6.85. The molecular formula is C26H42O4Si6. The average molecular weight is 587 g/mol. The van der Waals surface area contributed by atoms with E-state index in [0.717, 1.165) is 12.1 Å². The standard InChI is InChI=1S/C26H42O4Si6/c1-11-21-31-27-33(3,4)23-13-17-25(18-14-23)35(7,8)29-32(22-12-2)30-36(9,10)26-19-15-24(16-20-26)34(5,6)28-31/h11-20H,1-2,21-22H2,3-10H3. The van der Waals surface area contributed by atoms with Gasteiger partial charge in [0, 0.05) is 12.1 Å². The Morgan fingerprint density at radius 2 is 0.694 bits per heavy atom. The van der Waals surface area contributed by atoms with Crippen LogP contribution in [0.5, 0.6) is 0 Å². The van der Waals surface area contributed by atoms with Gasteiger partial charge in [0.25, 0.3) is 0 Å². The summed E-state index contributed by atoms with van der Waals surface area (Å²) < 4.78 is 27.4. The summed E-state index contributed by atoms with van der Waals surface area (Å²) in [5, 5.41) is 5.10. The van der Waals surface area contributed by atoms with Gasteiger partial charge >= 0.3 is 18.6 Å². The highest BCUT2D eigenvalue weighted by Crippen LogP contribution is 2.19. The van der Waals surface area contributed by atoms with Crippen molar-refractivity contribution in [2.24, 2.45) is 0 Å². The summed E-state index contributed by atoms with van der Waals surface area (Å²) in [5.74, 6) is 0. The molecule has 2 aromatic carbocycles. The summed E-state index contributed by atoms with van der Waals surface area (Å²) in [6.45, 7) is 26.1. The van der Waals surface area contributed by atoms with Crippen LogP contribution < -0.4 is 20.7 Å². The van der Waals surface area contributed by atoms with Crippen molar-refractivity contribution in [3.63, 3.8) is 0 Å². The Balaban J connectivity index is 2.10. The predicted octanol–water partition coefficient (Wildman–Crippen LogP) is 4.46. The first-order valence-corrected chi connectivity index (χ1v) is 27.3. The van der Waals surface area contributed by atoms with Gasteiger partial charge in [-0.05, 0) is 73.1 Å². The molecular weight excluding hydrogens is 545 g/mol. The first kappa shape index (κ1) is 29.6. The lowest BCUT2D eigenvalue weighted by atomic mass is 10.4. The van der Waals surface area contributed by atoms with Crippen LogP contribution in [0.15, 0.2) is 73.8 Å². The van der Waals surface area contributed by atoms with E-state index in [0.29, 0.717) is 0 Å². The smallest absolute Gasteiger partial charge is 0.367 e. The van der Waals surface area contributed by atoms with Crippen LogP contribution >= 0.6 is 0 Å². The van der Waals surface area contributed by atoms with Crippen LogP contribution in [0.1, 0.15) is 0 Å². The molecule has 0 atom stereocenters. The van der Waals surface area contributed by atoms with Crippen molar-refractivity contribution >= 4 is 72.6 Å². The van der Waals surface area contributed by atoms with Gasteiger partial charge in [0.05, 0.1) is 0 Å². The second-order valence-corrected chi connectivity index (χ2v) is 31.3. The van der Waals surface area contributed by atoms with E-state index in [1.54, 1.807) is 0 Å². The third-order valence-electron chi connectivity index (χ3n) is 6.65. The molecule has 4 heterocycles. The van der Waals surface area contributed by atoms with E-state index in [9.17, 15) is 0 Å². The molecule has 0 aromatic heterocycles. The van der Waals surface area contributed by atoms with Crippen molar-refractivity contribution in [3.8, 4) is 0 Å². The average Bonchev–Trinajstić information content (AvgIpc) is 2.78. The molecule has 6 rings (SSSR count). The van der Waals surface area contributed by atoms with Crippen molar-refractivity contribution in [3.05, 3.63) is 73.8 Å². The van der Waals surface area contributed by atoms with Crippen molar-refractivity contribution in [1.29, 1.82) is 0 Å². The van der Waals surface area contributed by atoms with Gasteiger partial charge in [0.2, 0.25) is 33.3 Å². The SMILES string of the molecule is C=CC[Si]1O[Si](C)(C)c2ccc(cc2)[Si](C)(C)O[Si](CC=C)O[Si](C)(C)c2ccc(cc2)[Si](C)(C)O1. The first-order valence-electron chi connectivity index (χ1n) is 12.6. The Bertz CT molecular complexity index is 892. The summed E-state index contributed by atoms with van der Waals surface area (Å²) in [6, 6.07) is 19.5. The Hall–Kier alpha value is -0.939. The molecule has 36 heavy (non-hydrogen) atoms. The predicted molar refractivity (Wildman–Crippen MR) is 167 cm³/mol. The van der Waals surface area contributed by atoms with E-state index in [1.807, 2.05) is 12.2 Å². The molecule has 4 aliphatic rings. The van der Waals surface area contributed by atoms with Crippen molar-refractivity contribution in [2.45, 2.75) is 64.5 Å². The van der Waals surface area contributed by atoms with Crippen LogP contribution in [0, 0.1) is 0 Å². The third-order valence-corrected chi connectivity index (χ3v) is 26.6. The van der Waals surface area contributed by atoms with Gasteiger partial charge in [-0.3, -0.25) is 0 Å². The fourth-order valence-electron chi connectivity index (χ4n) is 4.36. The van der Waals surface area contributed by atoms with E-state index in [-0.39, 0.29) is 0 Å². The minimum Gasteiger partial charge on any atom is -0.431 e. The molecule has 0 saturated heterocycles. The van der Waals surface area contributed by atoms with Crippen LogP contribution in [0.2, 0.25) is 64.5 Å². The van der Waals surface area contributed by atoms with Gasteiger partial charge in [-0.25, -0.2) is 0 Å². The summed E-state index contributed by atoms with van der Waals surface area (Å²) in [5.41, 5.74) is 0. The highest BCUT2D eigenvalue weighted by molar-refractivity contribution is 6.94. The number of allylic oxidation sites excluding steroid dienone is 2. The fraction of sp³-hybridized carbons (Fsp3) is 0.385. The normalized spacial score (nSPS) is 22.0. The largest absolute Gasteiger partial charge is 0.431 e. The monoisotopic (exact) mass is 586 g/mol. The Kier molecular flexibility index (Phi) is 9.41. The molecule has 0 fully saturated rings. The molecule has 4 aliphatic heterocycles. The lowest BCUT2D eigenvalue weighted by molar-refractivity contribution is 0.426. The highest BCUT2D eigenvalue weighted by atomic mass is 28.5. The van der Waals surface area contributed by atoms with E-state index < -0.39 is 51.8 Å². The molecule has 4 nitrogen and oxygen atoms in total. The lowest BCUT2D eigenvalue weighted by Gasteiger charge is -2.35. The van der Waals surface area contributed by atoms with Crippen molar-refractivity contribution < 1.29 is 16.5 Å². The van der Waals surface area contributed by atoms with Crippen LogP contribution in [0.3, 0.4) is 0 Å². The minimum absolute atomic E-state index is 0.767. The molecule has 10 heteroatoms. The fourth-order valence-corrected chi connectivity index (χ4v) is 22.1. The first-order chi connectivity index (χ1) is 16.7. The number of benzene rings is 2. The Labute approximate surface area is 226 Å². The molecule has 2 aromatic rings. The molecule has 0 saturated carbocycles. The molecule has 194 valence electrons. The number of hydrogen-bond acceptors (Lipinski definition) is 4. The summed E-state index contributed by atoms with van der Waals surface area (Å²) in [6.07, 6.45) is 3.89. The van der Waals surface area contributed by atoms with E-state index in [2.05, 4.69) is 114 Å². The van der Waals surface area contributed by atoms with Crippen LogP contribution in [0.4, 0.5) is 0 Å². The molecule has 0 spiro atoms. The lowest BCUT2D eigenvalue weighted by Crippen LogP contribution is -2.57. The number of hydrogen-bond donors (Lipinski definition) is 0. The van der Waals surface area contributed by atoms with Gasteiger partial charge in [-0.15, -0.1) is 13.2 Å². The maximum Gasteiger partial charge on any atom is 0.367 e. The zero-order valence-corrected chi connectivity index (χ0v) is 29.2. The zero-order chi connectivity index (χ0) is 26.8. The number of rotatable bonds is 4. The zero-order valence-electron chi connectivity index (χ0n) is 23.2. The molecule has 0 unspecified atom stereocenters. The second kappa shape index (κ2) is 11.4. The summed E-state index contributed by atoms with van der Waals surface area (Å²) in [7, 11) is -11.8. The second-order valence-electron chi connectivity index (χ2n) is 11.3. The van der Waals surface area contributed by atoms with Crippen molar-refractivity contribution in [1.82, 2.24) is 0 Å². The van der Waals surface area contributed by atoms with Gasteiger partial charge in [-0.1, -0.05) is 60.7 Å². The maximum absolute atomic E-state index is 6.85. The van der Waals surface area contributed by atoms with Gasteiger partial charge in [-0.2, -0.15) is 0 Å². The van der Waals surface area contributed by atoms with Crippen molar-refractivity contribution in [2.75, 3.05) is 0 Å². The van der Waals surface area contributed by atoms with E-state index in [1.165, 1.54) is 20.7 Å². The molecule has 4 bridgehead atoms. The van der Waals surface area contributed by atoms with Gasteiger partial charge in [0.15, 0.2) is 0 Å². The van der Waals surface area contributed by atoms with Gasteiger partial charge in [0.1, 0.15) is 0 Å².